The molecule has 2 aromatic carbocycles. The number of nitrogens with zero attached hydrogens (tertiary/aromatic N) is 1. The molecule has 0 aliphatic carbocycles. The highest BCUT2D eigenvalue weighted by atomic mass is 127. The van der Waals surface area contributed by atoms with Crippen molar-refractivity contribution in [3.63, 3.8) is 0 Å². The van der Waals surface area contributed by atoms with E-state index >= 15 is 0 Å². The van der Waals surface area contributed by atoms with Crippen LogP contribution in [0.25, 0.3) is 10.8 Å². The minimum Gasteiger partial charge on any atom is -1.00 e. The first-order valence-corrected chi connectivity index (χ1v) is 10.5. The molecule has 150 valence electrons. The second-order valence-electron chi connectivity index (χ2n) is 7.68. The molecule has 2 aromatic rings. The Morgan fingerprint density at radius 3 is 1.85 bits per heavy atom. The van der Waals surface area contributed by atoms with Crippen molar-refractivity contribution < 1.29 is 33.3 Å². The molecule has 0 radical (unpaired) electrons. The van der Waals surface area contributed by atoms with Gasteiger partial charge in [0, 0.05) is 5.56 Å². The molecular weight excluding hydrogens is 445 g/mol. The van der Waals surface area contributed by atoms with Crippen LogP contribution in [0.2, 0.25) is 0 Å². The zero-order chi connectivity index (χ0) is 18.8. The van der Waals surface area contributed by atoms with Crippen LogP contribution >= 0.6 is 0 Å². The number of halogens is 1. The molecular formula is C24H36INO. The molecule has 0 aliphatic rings. The van der Waals surface area contributed by atoms with E-state index in [0.717, 1.165) is 40.5 Å². The maximum Gasteiger partial charge on any atom is 0.217 e. The molecule has 2 nitrogen and oxygen atoms in total. The Bertz CT molecular complexity index is 671. The third-order valence-electron chi connectivity index (χ3n) is 5.53. The number of carbonyl (C=O) groups excluding carboxylic acids is 1. The van der Waals surface area contributed by atoms with Gasteiger partial charge in [-0.05, 0) is 30.0 Å². The molecule has 0 atom stereocenters. The van der Waals surface area contributed by atoms with Crippen molar-refractivity contribution in [1.29, 1.82) is 0 Å². The second-order valence-corrected chi connectivity index (χ2v) is 7.68. The quantitative estimate of drug-likeness (QED) is 0.259. The fourth-order valence-electron chi connectivity index (χ4n) is 3.91. The summed E-state index contributed by atoms with van der Waals surface area (Å²) in [6.07, 6.45) is 7.20. The molecule has 2 rings (SSSR count). The molecule has 0 aromatic heterocycles. The number of rotatable bonds is 12. The number of fused-ring (bicyclic) bond motifs is 1. The van der Waals surface area contributed by atoms with Crippen molar-refractivity contribution >= 4 is 16.6 Å². The van der Waals surface area contributed by atoms with Crippen molar-refractivity contribution in [2.75, 3.05) is 26.2 Å². The monoisotopic (exact) mass is 481 g/mol. The van der Waals surface area contributed by atoms with Crippen LogP contribution in [0, 0.1) is 0 Å². The van der Waals surface area contributed by atoms with Crippen LogP contribution in [0.1, 0.15) is 69.7 Å². The van der Waals surface area contributed by atoms with E-state index in [1.807, 2.05) is 24.3 Å². The minimum atomic E-state index is 0. The zero-order valence-corrected chi connectivity index (χ0v) is 19.5. The Hall–Kier alpha value is -0.940. The normalized spacial score (nSPS) is 11.4. The summed E-state index contributed by atoms with van der Waals surface area (Å²) in [5, 5.41) is 2.26. The van der Waals surface area contributed by atoms with E-state index in [-0.39, 0.29) is 24.0 Å². The van der Waals surface area contributed by atoms with E-state index in [9.17, 15) is 4.79 Å². The van der Waals surface area contributed by atoms with Gasteiger partial charge in [0.05, 0.1) is 19.6 Å². The molecule has 0 spiro atoms. The summed E-state index contributed by atoms with van der Waals surface area (Å²) >= 11 is 0. The second kappa shape index (κ2) is 12.5. The fraction of sp³-hybridized carbons (Fsp3) is 0.542. The van der Waals surface area contributed by atoms with Crippen molar-refractivity contribution in [2.24, 2.45) is 0 Å². The van der Waals surface area contributed by atoms with Gasteiger partial charge in [-0.3, -0.25) is 4.79 Å². The highest BCUT2D eigenvalue weighted by molar-refractivity contribution is 6.08. The molecule has 0 heterocycles. The smallest absolute Gasteiger partial charge is 0.217 e. The van der Waals surface area contributed by atoms with Gasteiger partial charge in [0.1, 0.15) is 6.54 Å². The number of hydrogen-bond donors (Lipinski definition) is 0. The van der Waals surface area contributed by atoms with Crippen LogP contribution in [-0.2, 0) is 0 Å². The number of hydrogen-bond acceptors (Lipinski definition) is 1. The van der Waals surface area contributed by atoms with Crippen molar-refractivity contribution in [3.05, 3.63) is 48.0 Å². The lowest BCUT2D eigenvalue weighted by atomic mass is 10.00. The van der Waals surface area contributed by atoms with E-state index in [0.29, 0.717) is 12.3 Å². The SMILES string of the molecule is CCCC[N+](CCCC)(CCCC)CC(=O)c1cccc2ccccc12.[I-]. The molecule has 0 fully saturated rings. The molecule has 3 heteroatoms. The van der Waals surface area contributed by atoms with E-state index < -0.39 is 0 Å². The zero-order valence-electron chi connectivity index (χ0n) is 17.3. The molecule has 0 amide bonds. The van der Waals surface area contributed by atoms with Gasteiger partial charge < -0.3 is 28.5 Å². The van der Waals surface area contributed by atoms with Gasteiger partial charge in [-0.1, -0.05) is 82.5 Å². The highest BCUT2D eigenvalue weighted by Gasteiger charge is 2.30. The standard InChI is InChI=1S/C24H36NO.HI/c1-4-7-17-25(18-8-5-2,19-9-6-3)20-24(26)23-16-12-14-21-13-10-11-15-22(21)23;/h10-16H,4-9,17-20H2,1-3H3;1H/q+1;/p-1. The van der Waals surface area contributed by atoms with Crippen LogP contribution in [0.4, 0.5) is 0 Å². The summed E-state index contributed by atoms with van der Waals surface area (Å²) in [7, 11) is 0. The Kier molecular flexibility index (Phi) is 11.2. The third-order valence-corrected chi connectivity index (χ3v) is 5.53. The number of benzene rings is 2. The average molecular weight is 481 g/mol. The number of unbranched alkanes of at least 4 members (excludes halogenated alkanes) is 3. The van der Waals surface area contributed by atoms with Gasteiger partial charge in [0.25, 0.3) is 0 Å². The minimum absolute atomic E-state index is 0. The Balaban J connectivity index is 0.00000364. The van der Waals surface area contributed by atoms with Gasteiger partial charge in [0.15, 0.2) is 0 Å². The van der Waals surface area contributed by atoms with Gasteiger partial charge in [-0.15, -0.1) is 0 Å². The lowest BCUT2D eigenvalue weighted by Crippen LogP contribution is -3.00. The Morgan fingerprint density at radius 1 is 0.778 bits per heavy atom. The Morgan fingerprint density at radius 2 is 1.30 bits per heavy atom. The van der Waals surface area contributed by atoms with E-state index in [1.54, 1.807) is 0 Å². The summed E-state index contributed by atoms with van der Waals surface area (Å²) in [4.78, 5) is 13.3. The van der Waals surface area contributed by atoms with E-state index in [4.69, 9.17) is 0 Å². The van der Waals surface area contributed by atoms with Crippen LogP contribution < -0.4 is 24.0 Å². The summed E-state index contributed by atoms with van der Waals surface area (Å²) in [5.74, 6) is 0.310. The molecule has 0 N–H and O–H groups in total. The fourth-order valence-corrected chi connectivity index (χ4v) is 3.91. The van der Waals surface area contributed by atoms with Crippen LogP contribution in [0.3, 0.4) is 0 Å². The largest absolute Gasteiger partial charge is 1.00 e. The van der Waals surface area contributed by atoms with Gasteiger partial charge >= 0.3 is 0 Å². The summed E-state index contributed by atoms with van der Waals surface area (Å²) in [6, 6.07) is 14.4. The highest BCUT2D eigenvalue weighted by Crippen LogP contribution is 2.22. The Labute approximate surface area is 182 Å². The first-order valence-electron chi connectivity index (χ1n) is 10.5. The third kappa shape index (κ3) is 6.86. The number of quaternary nitrogens is 1. The maximum absolute atomic E-state index is 13.3. The number of carbonyl (C=O) groups is 1. The molecule has 0 bridgehead atoms. The van der Waals surface area contributed by atoms with Crippen LogP contribution in [0.5, 0.6) is 0 Å². The van der Waals surface area contributed by atoms with Crippen molar-refractivity contribution in [2.45, 2.75) is 59.3 Å². The first-order chi connectivity index (χ1) is 12.7. The van der Waals surface area contributed by atoms with Crippen LogP contribution in [-0.4, -0.2) is 36.4 Å². The maximum atomic E-state index is 13.3. The number of ketones is 1. The topological polar surface area (TPSA) is 17.1 Å². The first kappa shape index (κ1) is 24.1. The van der Waals surface area contributed by atoms with Gasteiger partial charge in [-0.2, -0.15) is 0 Å². The van der Waals surface area contributed by atoms with Crippen LogP contribution in [0.15, 0.2) is 42.5 Å². The van der Waals surface area contributed by atoms with Crippen molar-refractivity contribution in [3.8, 4) is 0 Å². The number of Topliss-reactive ketones (excluding diaryl/α,β-unsaturated/α-hetero) is 1. The molecule has 0 saturated carbocycles. The molecule has 0 aliphatic heterocycles. The average Bonchev–Trinajstić information content (AvgIpc) is 2.68. The van der Waals surface area contributed by atoms with E-state index in [2.05, 4.69) is 39.0 Å². The lowest BCUT2D eigenvalue weighted by Gasteiger charge is -2.38. The summed E-state index contributed by atoms with van der Waals surface area (Å²) < 4.78 is 0.970. The molecule has 0 unspecified atom stereocenters. The summed E-state index contributed by atoms with van der Waals surface area (Å²) in [5.41, 5.74) is 0.898. The lowest BCUT2D eigenvalue weighted by molar-refractivity contribution is -0.921. The molecule has 27 heavy (non-hydrogen) atoms. The van der Waals surface area contributed by atoms with Gasteiger partial charge in [0.2, 0.25) is 5.78 Å². The predicted molar refractivity (Wildman–Crippen MR) is 113 cm³/mol. The predicted octanol–water partition coefficient (Wildman–Crippen LogP) is 3.24. The van der Waals surface area contributed by atoms with Crippen molar-refractivity contribution in [1.82, 2.24) is 0 Å². The van der Waals surface area contributed by atoms with Gasteiger partial charge in [-0.25, -0.2) is 0 Å². The molecule has 0 saturated heterocycles. The van der Waals surface area contributed by atoms with E-state index in [1.165, 1.54) is 38.5 Å². The summed E-state index contributed by atoms with van der Waals surface area (Å²) in [6.45, 7) is 10.8.